The third kappa shape index (κ3) is 3.92. The molecule has 0 N–H and O–H groups in total. The van der Waals surface area contributed by atoms with E-state index >= 15 is 0 Å². The first-order valence-electron chi connectivity index (χ1n) is 10.5. The molecule has 0 saturated carbocycles. The van der Waals surface area contributed by atoms with E-state index in [9.17, 15) is 9.59 Å². The van der Waals surface area contributed by atoms with E-state index in [2.05, 4.69) is 4.90 Å². The number of morpholine rings is 1. The smallest absolute Gasteiger partial charge is 0.266 e. The number of carbonyl (C=O) groups is 1. The molecule has 31 heavy (non-hydrogen) atoms. The Kier molecular flexibility index (Phi) is 5.98. The van der Waals surface area contributed by atoms with Gasteiger partial charge in [-0.05, 0) is 39.8 Å². The molecule has 2 fully saturated rings. The molecule has 4 rings (SSSR count). The van der Waals surface area contributed by atoms with E-state index in [1.54, 1.807) is 22.6 Å². The molecular formula is C23H27N3O3S2. The minimum Gasteiger partial charge on any atom is -0.372 e. The van der Waals surface area contributed by atoms with Crippen LogP contribution in [0.25, 0.3) is 17.0 Å². The molecule has 0 aliphatic carbocycles. The summed E-state index contributed by atoms with van der Waals surface area (Å²) in [6.07, 6.45) is 1.81. The summed E-state index contributed by atoms with van der Waals surface area (Å²) in [5.74, 6) is -0.144. The van der Waals surface area contributed by atoms with Crippen LogP contribution in [0.15, 0.2) is 34.0 Å². The number of carbonyl (C=O) groups excluding carboxylic acids is 1. The van der Waals surface area contributed by atoms with Crippen molar-refractivity contribution in [3.8, 4) is 0 Å². The molecule has 2 saturated heterocycles. The van der Waals surface area contributed by atoms with Crippen LogP contribution >= 0.6 is 24.0 Å². The van der Waals surface area contributed by atoms with Crippen molar-refractivity contribution in [3.05, 3.63) is 45.1 Å². The SMILES string of the molecule is CC1CN(c2c(C=C3SC(=S)N(C(C)C)C3=O)c(=O)n(C)c3ccccc23)CC(C)O1. The largest absolute Gasteiger partial charge is 0.372 e. The Labute approximate surface area is 191 Å². The molecule has 8 heteroatoms. The van der Waals surface area contributed by atoms with Gasteiger partial charge in [0.05, 0.1) is 33.9 Å². The molecule has 1 aromatic heterocycles. The lowest BCUT2D eigenvalue weighted by Crippen LogP contribution is -2.46. The van der Waals surface area contributed by atoms with E-state index in [1.807, 2.05) is 52.0 Å². The molecule has 164 valence electrons. The van der Waals surface area contributed by atoms with Gasteiger partial charge in [0.1, 0.15) is 4.32 Å². The van der Waals surface area contributed by atoms with E-state index < -0.39 is 0 Å². The van der Waals surface area contributed by atoms with Crippen molar-refractivity contribution in [1.82, 2.24) is 9.47 Å². The van der Waals surface area contributed by atoms with Crippen molar-refractivity contribution >= 4 is 56.9 Å². The van der Waals surface area contributed by atoms with Gasteiger partial charge in [-0.15, -0.1) is 0 Å². The number of hydrogen-bond donors (Lipinski definition) is 0. The van der Waals surface area contributed by atoms with Gasteiger partial charge in [0.2, 0.25) is 0 Å². The van der Waals surface area contributed by atoms with Crippen LogP contribution in [-0.2, 0) is 16.6 Å². The van der Waals surface area contributed by atoms with Gasteiger partial charge in [-0.2, -0.15) is 0 Å². The number of ether oxygens (including phenoxy) is 1. The minimum atomic E-state index is -0.144. The first-order chi connectivity index (χ1) is 14.7. The maximum absolute atomic E-state index is 13.5. The highest BCUT2D eigenvalue weighted by molar-refractivity contribution is 8.26. The average Bonchev–Trinajstić information content (AvgIpc) is 2.98. The quantitative estimate of drug-likeness (QED) is 0.517. The molecule has 1 amide bonds. The predicted molar refractivity (Wildman–Crippen MR) is 132 cm³/mol. The highest BCUT2D eigenvalue weighted by Crippen LogP contribution is 2.37. The number of nitrogens with zero attached hydrogens (tertiary/aromatic N) is 3. The number of thioether (sulfide) groups is 1. The van der Waals surface area contributed by atoms with Crippen LogP contribution in [-0.4, -0.2) is 51.0 Å². The molecule has 0 radical (unpaired) electrons. The van der Waals surface area contributed by atoms with Crippen molar-refractivity contribution < 1.29 is 9.53 Å². The Hall–Kier alpha value is -2.16. The van der Waals surface area contributed by atoms with E-state index in [0.717, 1.165) is 16.6 Å². The fourth-order valence-electron chi connectivity index (χ4n) is 4.39. The zero-order chi connectivity index (χ0) is 22.4. The molecule has 3 heterocycles. The molecular weight excluding hydrogens is 430 g/mol. The molecule has 6 nitrogen and oxygen atoms in total. The molecule has 1 aromatic carbocycles. The molecule has 2 unspecified atom stereocenters. The standard InChI is InChI=1S/C23H27N3O3S2/c1-13(2)26-22(28)19(31-23(26)30)10-17-20(25-11-14(3)29-15(4)12-25)16-8-6-7-9-18(16)24(5)21(17)27/h6-10,13-15H,11-12H2,1-5H3. The van der Waals surface area contributed by atoms with Gasteiger partial charge in [-0.25, -0.2) is 0 Å². The third-order valence-electron chi connectivity index (χ3n) is 5.66. The highest BCUT2D eigenvalue weighted by atomic mass is 32.2. The second kappa shape index (κ2) is 8.41. The molecule has 2 aromatic rings. The summed E-state index contributed by atoms with van der Waals surface area (Å²) in [5.41, 5.74) is 2.11. The van der Waals surface area contributed by atoms with Crippen LogP contribution in [0.3, 0.4) is 0 Å². The van der Waals surface area contributed by atoms with Crippen molar-refractivity contribution in [2.45, 2.75) is 45.9 Å². The van der Waals surface area contributed by atoms with Crippen LogP contribution in [0.4, 0.5) is 5.69 Å². The number of aryl methyl sites for hydroxylation is 1. The third-order valence-corrected chi connectivity index (χ3v) is 6.99. The lowest BCUT2D eigenvalue weighted by Gasteiger charge is -2.38. The van der Waals surface area contributed by atoms with Gasteiger partial charge in [0, 0.05) is 31.6 Å². The topological polar surface area (TPSA) is 54.8 Å². The summed E-state index contributed by atoms with van der Waals surface area (Å²) in [4.78, 5) is 30.8. The molecule has 2 aliphatic heterocycles. The Balaban J connectivity index is 1.95. The number of hydrogen-bond acceptors (Lipinski definition) is 6. The Morgan fingerprint density at radius 2 is 1.81 bits per heavy atom. The van der Waals surface area contributed by atoms with Crippen LogP contribution < -0.4 is 10.5 Å². The summed E-state index contributed by atoms with van der Waals surface area (Å²) >= 11 is 6.69. The second-order valence-corrected chi connectivity index (χ2v) is 10.1. The number of para-hydroxylation sites is 1. The molecule has 0 bridgehead atoms. The van der Waals surface area contributed by atoms with Crippen LogP contribution in [0.2, 0.25) is 0 Å². The first kappa shape index (κ1) is 22.0. The Morgan fingerprint density at radius 3 is 2.42 bits per heavy atom. The summed E-state index contributed by atoms with van der Waals surface area (Å²) in [6.45, 7) is 9.30. The number of rotatable bonds is 3. The maximum Gasteiger partial charge on any atom is 0.266 e. The predicted octanol–water partition coefficient (Wildman–Crippen LogP) is 3.76. The fourth-order valence-corrected chi connectivity index (χ4v) is 5.90. The van der Waals surface area contributed by atoms with E-state index in [0.29, 0.717) is 27.9 Å². The van der Waals surface area contributed by atoms with Gasteiger partial charge in [0.25, 0.3) is 11.5 Å². The normalized spacial score (nSPS) is 23.6. The van der Waals surface area contributed by atoms with E-state index in [4.69, 9.17) is 17.0 Å². The zero-order valence-corrected chi connectivity index (χ0v) is 20.0. The van der Waals surface area contributed by atoms with E-state index in [1.165, 1.54) is 11.8 Å². The highest BCUT2D eigenvalue weighted by Gasteiger charge is 2.35. The van der Waals surface area contributed by atoms with Crippen LogP contribution in [0.5, 0.6) is 0 Å². The monoisotopic (exact) mass is 457 g/mol. The van der Waals surface area contributed by atoms with Gasteiger partial charge in [-0.1, -0.05) is 42.2 Å². The van der Waals surface area contributed by atoms with E-state index in [-0.39, 0.29) is 29.7 Å². The molecule has 2 atom stereocenters. The van der Waals surface area contributed by atoms with Crippen LogP contribution in [0, 0.1) is 0 Å². The van der Waals surface area contributed by atoms with Crippen molar-refractivity contribution in [2.24, 2.45) is 7.05 Å². The summed E-state index contributed by atoms with van der Waals surface area (Å²) < 4.78 is 8.11. The van der Waals surface area contributed by atoms with Gasteiger partial charge >= 0.3 is 0 Å². The summed E-state index contributed by atoms with van der Waals surface area (Å²) in [6, 6.07) is 7.87. The van der Waals surface area contributed by atoms with Gasteiger partial charge < -0.3 is 14.2 Å². The van der Waals surface area contributed by atoms with Crippen LogP contribution in [0.1, 0.15) is 33.3 Å². The molecule has 0 spiro atoms. The Bertz CT molecular complexity index is 1140. The van der Waals surface area contributed by atoms with Crippen molar-refractivity contribution in [2.75, 3.05) is 18.0 Å². The number of pyridine rings is 1. The number of aromatic nitrogens is 1. The fraction of sp³-hybridized carbons (Fsp3) is 0.435. The lowest BCUT2D eigenvalue weighted by atomic mass is 10.0. The maximum atomic E-state index is 13.5. The Morgan fingerprint density at radius 1 is 1.16 bits per heavy atom. The average molecular weight is 458 g/mol. The zero-order valence-electron chi connectivity index (χ0n) is 18.4. The number of anilines is 1. The van der Waals surface area contributed by atoms with Crippen molar-refractivity contribution in [1.29, 1.82) is 0 Å². The summed E-state index contributed by atoms with van der Waals surface area (Å²) in [7, 11) is 1.77. The number of thiocarbonyl (C=S) groups is 1. The van der Waals surface area contributed by atoms with Gasteiger partial charge in [-0.3, -0.25) is 14.5 Å². The first-order valence-corrected chi connectivity index (χ1v) is 11.7. The number of amides is 1. The number of benzene rings is 1. The lowest BCUT2D eigenvalue weighted by molar-refractivity contribution is -0.123. The molecule has 2 aliphatic rings. The van der Waals surface area contributed by atoms with Gasteiger partial charge in [0.15, 0.2) is 0 Å². The minimum absolute atomic E-state index is 0.0294. The summed E-state index contributed by atoms with van der Waals surface area (Å²) in [5, 5.41) is 0.983. The van der Waals surface area contributed by atoms with Crippen molar-refractivity contribution in [3.63, 3.8) is 0 Å². The number of fused-ring (bicyclic) bond motifs is 1. The second-order valence-electron chi connectivity index (χ2n) is 8.45.